The summed E-state index contributed by atoms with van der Waals surface area (Å²) in [6.07, 6.45) is 2.64. The lowest BCUT2D eigenvalue weighted by Gasteiger charge is -2.28. The first-order valence-corrected chi connectivity index (χ1v) is 10.00. The summed E-state index contributed by atoms with van der Waals surface area (Å²) < 4.78 is 23.3. The zero-order valence-corrected chi connectivity index (χ0v) is 14.3. The normalized spacial score (nSPS) is 30.4. The van der Waals surface area contributed by atoms with Crippen molar-refractivity contribution < 1.29 is 13.2 Å². The summed E-state index contributed by atoms with van der Waals surface area (Å²) in [5.41, 5.74) is 0.630. The Balaban J connectivity index is 1.61. The number of hydrogen-bond donors (Lipinski definition) is 1. The number of likely N-dealkylation sites (tertiary alicyclic amines) is 1. The number of carbonyl (C=O) groups is 1. The van der Waals surface area contributed by atoms with E-state index in [-0.39, 0.29) is 23.5 Å². The fourth-order valence-corrected chi connectivity index (χ4v) is 5.83. The maximum Gasteiger partial charge on any atom is 0.234 e. The fraction of sp³-hybridized carbons (Fsp3) is 0.588. The summed E-state index contributed by atoms with van der Waals surface area (Å²) in [6.45, 7) is 3.06. The molecular weight excluding hydrogens is 312 g/mol. The Morgan fingerprint density at radius 3 is 2.74 bits per heavy atom. The van der Waals surface area contributed by atoms with Crippen LogP contribution in [0, 0.1) is 0 Å². The number of benzene rings is 1. The smallest absolute Gasteiger partial charge is 0.234 e. The molecule has 0 saturated carbocycles. The Kier molecular flexibility index (Phi) is 4.47. The first-order chi connectivity index (χ1) is 10.9. The average Bonchev–Trinajstić information content (AvgIpc) is 3.04. The van der Waals surface area contributed by atoms with Gasteiger partial charge in [0.15, 0.2) is 9.84 Å². The summed E-state index contributed by atoms with van der Waals surface area (Å²) in [4.78, 5) is 14.6. The number of nitrogens with one attached hydrogen (secondary N) is 1. The Morgan fingerprint density at radius 2 is 2.09 bits per heavy atom. The average molecular weight is 336 g/mol. The van der Waals surface area contributed by atoms with E-state index in [1.54, 1.807) is 0 Å². The third-order valence-electron chi connectivity index (χ3n) is 4.84. The van der Waals surface area contributed by atoms with Gasteiger partial charge in [-0.15, -0.1) is 0 Å². The molecule has 2 saturated heterocycles. The fourth-order valence-electron chi connectivity index (χ4n) is 3.74. The van der Waals surface area contributed by atoms with Crippen LogP contribution < -0.4 is 5.32 Å². The van der Waals surface area contributed by atoms with Gasteiger partial charge in [0.1, 0.15) is 0 Å². The van der Waals surface area contributed by atoms with Crippen molar-refractivity contribution >= 4 is 15.7 Å². The van der Waals surface area contributed by atoms with Crippen LogP contribution in [0.5, 0.6) is 0 Å². The van der Waals surface area contributed by atoms with Crippen molar-refractivity contribution in [3.63, 3.8) is 0 Å². The molecule has 5 nitrogen and oxygen atoms in total. The van der Waals surface area contributed by atoms with E-state index in [1.807, 2.05) is 25.1 Å². The Labute approximate surface area is 138 Å². The summed E-state index contributed by atoms with van der Waals surface area (Å²) >= 11 is 0. The van der Waals surface area contributed by atoms with Crippen LogP contribution in [0.3, 0.4) is 0 Å². The number of sulfone groups is 1. The zero-order valence-electron chi connectivity index (χ0n) is 13.5. The highest BCUT2D eigenvalue weighted by Crippen LogP contribution is 2.31. The van der Waals surface area contributed by atoms with Crippen molar-refractivity contribution in [2.24, 2.45) is 0 Å². The van der Waals surface area contributed by atoms with Gasteiger partial charge in [0.2, 0.25) is 5.91 Å². The third kappa shape index (κ3) is 3.93. The van der Waals surface area contributed by atoms with Gasteiger partial charge in [-0.1, -0.05) is 30.3 Å². The van der Waals surface area contributed by atoms with Crippen LogP contribution >= 0.6 is 0 Å². The molecule has 0 unspecified atom stereocenters. The first-order valence-electron chi connectivity index (χ1n) is 8.17. The third-order valence-corrected chi connectivity index (χ3v) is 6.74. The summed E-state index contributed by atoms with van der Waals surface area (Å²) in [5.74, 6) is 0.140. The van der Waals surface area contributed by atoms with Crippen molar-refractivity contribution in [1.29, 1.82) is 0 Å². The number of hydrogen-bond acceptors (Lipinski definition) is 4. The van der Waals surface area contributed by atoms with Gasteiger partial charge in [-0.3, -0.25) is 9.69 Å². The van der Waals surface area contributed by atoms with Crippen molar-refractivity contribution in [1.82, 2.24) is 10.2 Å². The first kappa shape index (κ1) is 16.5. The highest BCUT2D eigenvalue weighted by atomic mass is 32.2. The summed E-state index contributed by atoms with van der Waals surface area (Å²) in [6, 6.07) is 10.5. The van der Waals surface area contributed by atoms with Crippen LogP contribution in [-0.4, -0.2) is 49.4 Å². The van der Waals surface area contributed by atoms with Crippen LogP contribution in [-0.2, 0) is 14.6 Å². The molecule has 2 atom stereocenters. The molecule has 2 aliphatic rings. The maximum atomic E-state index is 12.4. The predicted octanol–water partition coefficient (Wildman–Crippen LogP) is 1.52. The van der Waals surface area contributed by atoms with Gasteiger partial charge in [-0.05, 0) is 38.3 Å². The van der Waals surface area contributed by atoms with Gasteiger partial charge < -0.3 is 5.32 Å². The lowest BCUT2D eigenvalue weighted by Crippen LogP contribution is -2.50. The van der Waals surface area contributed by atoms with Crippen LogP contribution in [0.15, 0.2) is 30.3 Å². The van der Waals surface area contributed by atoms with Crippen molar-refractivity contribution in [2.45, 2.75) is 37.8 Å². The van der Waals surface area contributed by atoms with Crippen molar-refractivity contribution in [2.75, 3.05) is 24.6 Å². The van der Waals surface area contributed by atoms with E-state index in [0.29, 0.717) is 13.0 Å². The molecule has 3 rings (SSSR count). The lowest BCUT2D eigenvalue weighted by atomic mass is 10.0. The minimum atomic E-state index is -3.01. The SMILES string of the molecule is C[C@]1(NC(=O)CN2CCC[C@@H]2c2ccccc2)CCS(=O)(=O)C1. The van der Waals surface area contributed by atoms with Crippen molar-refractivity contribution in [3.8, 4) is 0 Å². The van der Waals surface area contributed by atoms with Gasteiger partial charge in [0.25, 0.3) is 0 Å². The molecule has 126 valence electrons. The second-order valence-corrected chi connectivity index (χ2v) is 9.17. The van der Waals surface area contributed by atoms with Gasteiger partial charge in [-0.25, -0.2) is 8.42 Å². The molecule has 6 heteroatoms. The van der Waals surface area contributed by atoms with Gasteiger partial charge in [0, 0.05) is 6.04 Å². The highest BCUT2D eigenvalue weighted by Gasteiger charge is 2.40. The molecule has 1 amide bonds. The Morgan fingerprint density at radius 1 is 1.35 bits per heavy atom. The minimum Gasteiger partial charge on any atom is -0.349 e. The summed E-state index contributed by atoms with van der Waals surface area (Å²) in [5, 5.41) is 2.95. The molecule has 1 aromatic rings. The van der Waals surface area contributed by atoms with Gasteiger partial charge >= 0.3 is 0 Å². The largest absolute Gasteiger partial charge is 0.349 e. The molecule has 2 heterocycles. The second kappa shape index (κ2) is 6.24. The molecule has 0 aromatic heterocycles. The van der Waals surface area contributed by atoms with Crippen LogP contribution in [0.1, 0.15) is 37.8 Å². The maximum absolute atomic E-state index is 12.4. The predicted molar refractivity (Wildman–Crippen MR) is 89.8 cm³/mol. The number of amides is 1. The number of rotatable bonds is 4. The molecule has 0 spiro atoms. The number of nitrogens with zero attached hydrogens (tertiary/aromatic N) is 1. The molecule has 2 aliphatic heterocycles. The molecule has 0 bridgehead atoms. The van der Waals surface area contributed by atoms with Crippen LogP contribution in [0.25, 0.3) is 0 Å². The quantitative estimate of drug-likeness (QED) is 0.905. The monoisotopic (exact) mass is 336 g/mol. The molecule has 1 aromatic carbocycles. The Hall–Kier alpha value is -1.40. The van der Waals surface area contributed by atoms with Gasteiger partial charge in [0.05, 0.1) is 23.6 Å². The highest BCUT2D eigenvalue weighted by molar-refractivity contribution is 7.91. The molecular formula is C17H24N2O3S. The molecule has 23 heavy (non-hydrogen) atoms. The molecule has 2 fully saturated rings. The van der Waals surface area contributed by atoms with Crippen molar-refractivity contribution in [3.05, 3.63) is 35.9 Å². The van der Waals surface area contributed by atoms with E-state index < -0.39 is 15.4 Å². The van der Waals surface area contributed by atoms with E-state index in [9.17, 15) is 13.2 Å². The number of carbonyl (C=O) groups excluding carboxylic acids is 1. The zero-order chi connectivity index (χ0) is 16.5. The van der Waals surface area contributed by atoms with E-state index >= 15 is 0 Å². The van der Waals surface area contributed by atoms with E-state index in [0.717, 1.165) is 19.4 Å². The molecule has 0 radical (unpaired) electrons. The standard InChI is InChI=1S/C17H24N2O3S/c1-17(9-11-23(21,22)13-17)18-16(20)12-19-10-5-8-15(19)14-6-3-2-4-7-14/h2-4,6-7,15H,5,8-13H2,1H3,(H,18,20)/t15-,17+/m1/s1. The van der Waals surface area contributed by atoms with Crippen LogP contribution in [0.2, 0.25) is 0 Å². The Bertz CT molecular complexity index is 674. The topological polar surface area (TPSA) is 66.5 Å². The van der Waals surface area contributed by atoms with E-state index in [1.165, 1.54) is 5.56 Å². The molecule has 1 N–H and O–H groups in total. The van der Waals surface area contributed by atoms with Crippen LogP contribution in [0.4, 0.5) is 0 Å². The lowest BCUT2D eigenvalue weighted by molar-refractivity contribution is -0.124. The van der Waals surface area contributed by atoms with E-state index in [4.69, 9.17) is 0 Å². The van der Waals surface area contributed by atoms with Gasteiger partial charge in [-0.2, -0.15) is 0 Å². The van der Waals surface area contributed by atoms with E-state index in [2.05, 4.69) is 22.3 Å². The molecule has 0 aliphatic carbocycles. The summed E-state index contributed by atoms with van der Waals surface area (Å²) in [7, 11) is -3.01. The second-order valence-electron chi connectivity index (χ2n) is 6.99. The minimum absolute atomic E-state index is 0.0495.